The number of halogens is 16. The first-order valence-electron chi connectivity index (χ1n) is 7.18. The Morgan fingerprint density at radius 2 is 0.967 bits per heavy atom. The minimum absolute atomic E-state index is 0.160. The molecular weight excluding hydrogens is 478 g/mol. The topological polar surface area (TPSA) is 29.1 Å². The lowest BCUT2D eigenvalue weighted by molar-refractivity contribution is -0.443. The van der Waals surface area contributed by atoms with Crippen molar-refractivity contribution in [3.05, 3.63) is 0 Å². The predicted molar refractivity (Wildman–Crippen MR) is 61.8 cm³/mol. The molecule has 1 N–H and O–H groups in total. The van der Waals surface area contributed by atoms with Gasteiger partial charge in [0.25, 0.3) is 5.91 Å². The summed E-state index contributed by atoms with van der Waals surface area (Å²) in [5, 5.41) is 0.930. The lowest BCUT2D eigenvalue weighted by Crippen LogP contribution is -2.74. The van der Waals surface area contributed by atoms with E-state index >= 15 is 0 Å². The summed E-state index contributed by atoms with van der Waals surface area (Å²) < 4.78 is 208. The Morgan fingerprint density at radius 3 is 1.30 bits per heavy atom. The summed E-state index contributed by atoms with van der Waals surface area (Å²) in [4.78, 5) is 11.0. The summed E-state index contributed by atoms with van der Waals surface area (Å²) >= 11 is 0. The molecule has 0 aromatic rings. The Hall–Kier alpha value is -1.65. The van der Waals surface area contributed by atoms with Crippen LogP contribution in [-0.2, 0) is 4.79 Å². The normalized spacial score (nSPS) is 18.0. The van der Waals surface area contributed by atoms with Crippen LogP contribution < -0.4 is 5.32 Å². The highest BCUT2D eigenvalue weighted by Gasteiger charge is 2.94. The van der Waals surface area contributed by atoms with Crippen LogP contribution in [0.4, 0.5) is 70.2 Å². The van der Waals surface area contributed by atoms with Gasteiger partial charge in [-0.3, -0.25) is 4.79 Å². The van der Waals surface area contributed by atoms with Crippen LogP contribution in [0.2, 0.25) is 0 Å². The molecule has 1 amide bonds. The van der Waals surface area contributed by atoms with Crippen molar-refractivity contribution in [1.29, 1.82) is 0 Å². The summed E-state index contributed by atoms with van der Waals surface area (Å²) in [5.41, 5.74) is 0. The van der Waals surface area contributed by atoms with Crippen LogP contribution in [0, 0.1) is 0 Å². The molecule has 30 heavy (non-hydrogen) atoms. The van der Waals surface area contributed by atoms with Crippen molar-refractivity contribution in [3.63, 3.8) is 0 Å². The monoisotopic (exact) mass is 485 g/mol. The molecule has 18 heteroatoms. The van der Waals surface area contributed by atoms with Crippen LogP contribution in [0.5, 0.6) is 0 Å². The zero-order chi connectivity index (χ0) is 24.4. The van der Waals surface area contributed by atoms with Crippen LogP contribution in [0.25, 0.3) is 0 Å². The van der Waals surface area contributed by atoms with Gasteiger partial charge in [0, 0.05) is 6.04 Å². The van der Waals surface area contributed by atoms with Gasteiger partial charge in [-0.2, -0.15) is 61.5 Å². The molecule has 178 valence electrons. The summed E-state index contributed by atoms with van der Waals surface area (Å²) in [6, 6.07) is -1.30. The van der Waals surface area contributed by atoms with E-state index in [0.29, 0.717) is 0 Å². The number of carbonyl (C=O) groups is 1. The SMILES string of the molecule is O=C(NC1CC1)C(F)(F)C(F)(F)C(F)(F)C(F)(F)C(F)(F)C(F)(F)C(F)(F)C(F)F. The molecular formula is C12H7F16NO. The number of hydrogen-bond acceptors (Lipinski definition) is 1. The van der Waals surface area contributed by atoms with E-state index in [1.807, 2.05) is 0 Å². The van der Waals surface area contributed by atoms with Gasteiger partial charge in [-0.1, -0.05) is 0 Å². The first kappa shape index (κ1) is 26.4. The first-order valence-corrected chi connectivity index (χ1v) is 7.18. The zero-order valence-electron chi connectivity index (χ0n) is 13.5. The largest absolute Gasteiger partial charge is 0.392 e. The molecule has 0 bridgehead atoms. The number of nitrogens with one attached hydrogen (secondary N) is 1. The zero-order valence-corrected chi connectivity index (χ0v) is 13.5. The maximum absolute atomic E-state index is 13.4. The number of hydrogen-bond donors (Lipinski definition) is 1. The molecule has 0 radical (unpaired) electrons. The molecule has 0 spiro atoms. The van der Waals surface area contributed by atoms with E-state index in [1.165, 1.54) is 0 Å². The third-order valence-electron chi connectivity index (χ3n) is 3.86. The van der Waals surface area contributed by atoms with E-state index in [-0.39, 0.29) is 12.8 Å². The van der Waals surface area contributed by atoms with Crippen molar-refractivity contribution in [2.45, 2.75) is 66.8 Å². The van der Waals surface area contributed by atoms with E-state index in [4.69, 9.17) is 0 Å². The fraction of sp³-hybridized carbons (Fsp3) is 0.917. The summed E-state index contributed by atoms with van der Waals surface area (Å²) in [7, 11) is 0. The third-order valence-corrected chi connectivity index (χ3v) is 3.86. The summed E-state index contributed by atoms with van der Waals surface area (Å²) in [6.07, 6.45) is -6.21. The minimum Gasteiger partial charge on any atom is -0.348 e. The highest BCUT2D eigenvalue weighted by molar-refractivity contribution is 5.85. The van der Waals surface area contributed by atoms with E-state index in [0.717, 1.165) is 5.32 Å². The molecule has 1 saturated carbocycles. The van der Waals surface area contributed by atoms with Gasteiger partial charge in [0.15, 0.2) is 0 Å². The number of alkyl halides is 16. The fourth-order valence-electron chi connectivity index (χ4n) is 1.78. The Bertz CT molecular complexity index is 667. The van der Waals surface area contributed by atoms with E-state index in [2.05, 4.69) is 0 Å². The molecule has 1 fully saturated rings. The van der Waals surface area contributed by atoms with Gasteiger partial charge in [0.2, 0.25) is 0 Å². The van der Waals surface area contributed by atoms with Crippen molar-refractivity contribution in [2.75, 3.05) is 0 Å². The highest BCUT2D eigenvalue weighted by Crippen LogP contribution is 2.62. The van der Waals surface area contributed by atoms with Crippen LogP contribution in [0.15, 0.2) is 0 Å². The van der Waals surface area contributed by atoms with Crippen molar-refractivity contribution in [1.82, 2.24) is 5.32 Å². The van der Waals surface area contributed by atoms with Gasteiger partial charge in [0.1, 0.15) is 0 Å². The Kier molecular flexibility index (Phi) is 6.09. The molecule has 2 nitrogen and oxygen atoms in total. The molecule has 0 aliphatic heterocycles. The first-order chi connectivity index (χ1) is 12.9. The van der Waals surface area contributed by atoms with Gasteiger partial charge in [-0.15, -0.1) is 0 Å². The third kappa shape index (κ3) is 3.33. The lowest BCUT2D eigenvalue weighted by atomic mass is 9.89. The van der Waals surface area contributed by atoms with E-state index in [1.54, 1.807) is 0 Å². The van der Waals surface area contributed by atoms with Crippen molar-refractivity contribution in [3.8, 4) is 0 Å². The molecule has 0 unspecified atom stereocenters. The Balaban J connectivity index is 3.50. The smallest absolute Gasteiger partial charge is 0.348 e. The highest BCUT2D eigenvalue weighted by atomic mass is 19.4. The molecule has 1 aliphatic rings. The average molecular weight is 485 g/mol. The van der Waals surface area contributed by atoms with Crippen molar-refractivity contribution >= 4 is 5.91 Å². The minimum atomic E-state index is -8.49. The second-order valence-corrected chi connectivity index (χ2v) is 6.12. The van der Waals surface area contributed by atoms with E-state index in [9.17, 15) is 75.0 Å². The molecule has 1 rings (SSSR count). The van der Waals surface area contributed by atoms with Gasteiger partial charge in [-0.25, -0.2) is 8.78 Å². The Morgan fingerprint density at radius 1 is 0.633 bits per heavy atom. The summed E-state index contributed by atoms with van der Waals surface area (Å²) in [5.74, 6) is -59.1. The van der Waals surface area contributed by atoms with Gasteiger partial charge in [0.05, 0.1) is 0 Å². The molecule has 1 aliphatic carbocycles. The number of carbonyl (C=O) groups excluding carboxylic acids is 1. The van der Waals surface area contributed by atoms with Gasteiger partial charge in [-0.05, 0) is 12.8 Å². The molecule has 0 aromatic carbocycles. The molecule has 0 atom stereocenters. The Labute approximate surface area is 154 Å². The van der Waals surface area contributed by atoms with Crippen LogP contribution in [0.1, 0.15) is 12.8 Å². The van der Waals surface area contributed by atoms with Crippen molar-refractivity contribution in [2.24, 2.45) is 0 Å². The maximum Gasteiger partial charge on any atom is 0.392 e. The second kappa shape index (κ2) is 6.93. The molecule has 0 heterocycles. The van der Waals surface area contributed by atoms with E-state index < -0.39 is 59.8 Å². The van der Waals surface area contributed by atoms with Crippen LogP contribution in [-0.4, -0.2) is 59.8 Å². The molecule has 0 aromatic heterocycles. The van der Waals surface area contributed by atoms with Crippen LogP contribution in [0.3, 0.4) is 0 Å². The predicted octanol–water partition coefficient (Wildman–Crippen LogP) is 4.98. The summed E-state index contributed by atoms with van der Waals surface area (Å²) in [6.45, 7) is 0. The molecule has 0 saturated heterocycles. The second-order valence-electron chi connectivity index (χ2n) is 6.12. The lowest BCUT2D eigenvalue weighted by Gasteiger charge is -2.42. The number of amides is 1. The quantitative estimate of drug-likeness (QED) is 0.459. The van der Waals surface area contributed by atoms with Gasteiger partial charge < -0.3 is 5.32 Å². The average Bonchev–Trinajstić information content (AvgIpc) is 3.37. The van der Waals surface area contributed by atoms with Crippen molar-refractivity contribution < 1.29 is 75.0 Å². The fourth-order valence-corrected chi connectivity index (χ4v) is 1.78. The number of rotatable bonds is 9. The van der Waals surface area contributed by atoms with Gasteiger partial charge >= 0.3 is 47.9 Å². The van der Waals surface area contributed by atoms with Crippen LogP contribution >= 0.6 is 0 Å². The standard InChI is InChI=1S/C12H7F16NO/c13-4(14)6(15,16)8(19,20)10(23,24)12(27,28)11(25,26)9(21,22)7(17,18)5(30)29-3-1-2-3/h3-4H,1-2H2,(H,29,30). The maximum atomic E-state index is 13.4.